The Kier molecular flexibility index (Phi) is 2.91. The topological polar surface area (TPSA) is 29.1 Å². The number of rotatable bonds is 1. The van der Waals surface area contributed by atoms with Gasteiger partial charge >= 0.3 is 0 Å². The van der Waals surface area contributed by atoms with Crippen LogP contribution in [0.2, 0.25) is 0 Å². The molecule has 0 atom stereocenters. The van der Waals surface area contributed by atoms with Crippen LogP contribution in [-0.2, 0) is 4.79 Å². The number of hydrogen-bond donors (Lipinski definition) is 1. The fraction of sp³-hybridized carbons (Fsp3) is 0.833. The lowest BCUT2D eigenvalue weighted by Crippen LogP contribution is -2.29. The maximum atomic E-state index is 10.8. The smallest absolute Gasteiger partial charge is 0.195 e. The van der Waals surface area contributed by atoms with Crippen molar-refractivity contribution in [3.05, 3.63) is 0 Å². The lowest BCUT2D eigenvalue weighted by Gasteiger charge is -2.18. The molecule has 1 fully saturated rings. The van der Waals surface area contributed by atoms with E-state index in [-0.39, 0.29) is 0 Å². The minimum atomic E-state index is 0.328. The lowest BCUT2D eigenvalue weighted by molar-refractivity contribution is -0.113. The van der Waals surface area contributed by atoms with Gasteiger partial charge < -0.3 is 5.32 Å². The Labute approximate surface area is 68.5 Å². The molecule has 3 heteroatoms. The minimum Gasteiger partial charge on any atom is -0.317 e. The van der Waals surface area contributed by atoms with Gasteiger partial charge in [-0.2, -0.15) is 0 Å². The third kappa shape index (κ3) is 2.21. The van der Waals surface area contributed by atoms with E-state index in [9.17, 15) is 4.79 Å². The Morgan fingerprint density at radius 1 is 1.44 bits per heavy atom. The van der Waals surface area contributed by atoms with Gasteiger partial charge in [-0.15, -0.1) is 0 Å². The van der Waals surface area contributed by atoms with Crippen LogP contribution in [0.4, 0.5) is 0 Å². The maximum absolute atomic E-state index is 10.8. The molecule has 0 aromatic carbocycles. The summed E-state index contributed by atoms with van der Waals surface area (Å²) in [6.07, 6.45) is 2.06. The molecular weight excluding hydrogens is 229 g/mol. The molecule has 0 bridgehead atoms. The molecule has 1 aliphatic rings. The Balaban J connectivity index is 2.31. The summed E-state index contributed by atoms with van der Waals surface area (Å²) in [5.41, 5.74) is 0. The zero-order chi connectivity index (χ0) is 6.69. The summed E-state index contributed by atoms with van der Waals surface area (Å²) >= 11 is 1.90. The minimum absolute atomic E-state index is 0.328. The summed E-state index contributed by atoms with van der Waals surface area (Å²) in [6, 6.07) is 0. The SMILES string of the molecule is O=C(I)C1CCNCC1. The van der Waals surface area contributed by atoms with Crippen LogP contribution in [0.15, 0.2) is 0 Å². The highest BCUT2D eigenvalue weighted by molar-refractivity contribution is 14.1. The zero-order valence-electron chi connectivity index (χ0n) is 5.19. The van der Waals surface area contributed by atoms with E-state index in [0.29, 0.717) is 9.71 Å². The van der Waals surface area contributed by atoms with Crippen molar-refractivity contribution < 1.29 is 4.79 Å². The van der Waals surface area contributed by atoms with Crippen LogP contribution >= 0.6 is 22.6 Å². The first-order valence-electron chi connectivity index (χ1n) is 3.21. The van der Waals surface area contributed by atoms with Crippen LogP contribution in [0.25, 0.3) is 0 Å². The fourth-order valence-electron chi connectivity index (χ4n) is 1.05. The summed E-state index contributed by atoms with van der Waals surface area (Å²) in [7, 11) is 0. The van der Waals surface area contributed by atoms with E-state index in [2.05, 4.69) is 5.32 Å². The molecule has 52 valence electrons. The predicted molar refractivity (Wildman–Crippen MR) is 44.6 cm³/mol. The molecule has 0 saturated carbocycles. The van der Waals surface area contributed by atoms with E-state index in [1.807, 2.05) is 22.6 Å². The van der Waals surface area contributed by atoms with Crippen molar-refractivity contribution in [2.24, 2.45) is 5.92 Å². The van der Waals surface area contributed by atoms with Crippen molar-refractivity contribution in [2.45, 2.75) is 12.8 Å². The summed E-state index contributed by atoms with van der Waals surface area (Å²) in [5, 5.41) is 3.21. The molecule has 0 amide bonds. The quantitative estimate of drug-likeness (QED) is 0.545. The van der Waals surface area contributed by atoms with E-state index in [0.717, 1.165) is 25.9 Å². The van der Waals surface area contributed by atoms with Crippen molar-refractivity contribution in [3.8, 4) is 0 Å². The number of carbonyl (C=O) groups excluding carboxylic acids is 1. The second-order valence-corrected chi connectivity index (χ2v) is 3.39. The van der Waals surface area contributed by atoms with E-state index in [1.165, 1.54) is 0 Å². The predicted octanol–water partition coefficient (Wildman–Crippen LogP) is 0.948. The first kappa shape index (κ1) is 7.47. The largest absolute Gasteiger partial charge is 0.317 e. The number of nitrogens with one attached hydrogen (secondary N) is 1. The van der Waals surface area contributed by atoms with Crippen LogP contribution in [-0.4, -0.2) is 16.9 Å². The summed E-state index contributed by atoms with van der Waals surface area (Å²) in [6.45, 7) is 2.03. The van der Waals surface area contributed by atoms with E-state index in [1.54, 1.807) is 0 Å². The van der Waals surface area contributed by atoms with Gasteiger partial charge in [0.2, 0.25) is 0 Å². The molecule has 0 aliphatic carbocycles. The van der Waals surface area contributed by atoms with Crippen LogP contribution in [0.3, 0.4) is 0 Å². The average molecular weight is 239 g/mol. The highest BCUT2D eigenvalue weighted by atomic mass is 127. The number of halogens is 1. The zero-order valence-corrected chi connectivity index (χ0v) is 7.35. The highest BCUT2D eigenvalue weighted by Crippen LogP contribution is 2.15. The molecule has 0 spiro atoms. The van der Waals surface area contributed by atoms with Gasteiger partial charge in [-0.1, -0.05) is 0 Å². The highest BCUT2D eigenvalue weighted by Gasteiger charge is 2.17. The Bertz CT molecular complexity index is 110. The molecule has 1 rings (SSSR count). The molecule has 2 nitrogen and oxygen atoms in total. The molecule has 9 heavy (non-hydrogen) atoms. The van der Waals surface area contributed by atoms with Crippen molar-refractivity contribution >= 4 is 26.4 Å². The standard InChI is InChI=1S/C6H10INO/c7-6(9)5-1-3-8-4-2-5/h5,8H,1-4H2. The molecular formula is C6H10INO. The molecule has 0 radical (unpaired) electrons. The van der Waals surface area contributed by atoms with Gasteiger partial charge in [0.15, 0.2) is 3.79 Å². The first-order valence-corrected chi connectivity index (χ1v) is 4.28. The Hall–Kier alpha value is 0.360. The Morgan fingerprint density at radius 3 is 2.33 bits per heavy atom. The third-order valence-corrected chi connectivity index (χ3v) is 2.54. The van der Waals surface area contributed by atoms with Gasteiger partial charge in [-0.05, 0) is 48.5 Å². The maximum Gasteiger partial charge on any atom is 0.195 e. The molecule has 1 N–H and O–H groups in total. The van der Waals surface area contributed by atoms with Crippen LogP contribution in [0.1, 0.15) is 12.8 Å². The number of carbonyl (C=O) groups is 1. The van der Waals surface area contributed by atoms with Gasteiger partial charge in [0, 0.05) is 5.92 Å². The molecule has 1 saturated heterocycles. The summed E-state index contributed by atoms with van der Waals surface area (Å²) in [4.78, 5) is 10.8. The van der Waals surface area contributed by atoms with Gasteiger partial charge in [0.05, 0.1) is 0 Å². The average Bonchev–Trinajstić information content (AvgIpc) is 1.90. The van der Waals surface area contributed by atoms with Crippen LogP contribution in [0.5, 0.6) is 0 Å². The molecule has 0 aromatic rings. The van der Waals surface area contributed by atoms with Crippen LogP contribution in [0, 0.1) is 5.92 Å². The second kappa shape index (κ2) is 3.51. The molecule has 0 aromatic heterocycles. The second-order valence-electron chi connectivity index (χ2n) is 2.33. The van der Waals surface area contributed by atoms with Crippen molar-refractivity contribution in [2.75, 3.05) is 13.1 Å². The Morgan fingerprint density at radius 2 is 2.00 bits per heavy atom. The number of piperidine rings is 1. The van der Waals surface area contributed by atoms with E-state index < -0.39 is 0 Å². The number of hydrogen-bond acceptors (Lipinski definition) is 2. The monoisotopic (exact) mass is 239 g/mol. The third-order valence-electron chi connectivity index (χ3n) is 1.66. The molecule has 0 unspecified atom stereocenters. The van der Waals surface area contributed by atoms with Crippen molar-refractivity contribution in [1.82, 2.24) is 5.32 Å². The van der Waals surface area contributed by atoms with Crippen molar-refractivity contribution in [3.63, 3.8) is 0 Å². The van der Waals surface area contributed by atoms with Gasteiger partial charge in [-0.25, -0.2) is 0 Å². The van der Waals surface area contributed by atoms with Gasteiger partial charge in [0.1, 0.15) is 0 Å². The van der Waals surface area contributed by atoms with E-state index >= 15 is 0 Å². The first-order chi connectivity index (χ1) is 4.30. The molecule has 1 aliphatic heterocycles. The summed E-state index contributed by atoms with van der Waals surface area (Å²) in [5.74, 6) is 0.340. The summed E-state index contributed by atoms with van der Waals surface area (Å²) < 4.78 is 0.328. The van der Waals surface area contributed by atoms with Crippen molar-refractivity contribution in [1.29, 1.82) is 0 Å². The van der Waals surface area contributed by atoms with Gasteiger partial charge in [-0.3, -0.25) is 4.79 Å². The van der Waals surface area contributed by atoms with Gasteiger partial charge in [0.25, 0.3) is 0 Å². The lowest BCUT2D eigenvalue weighted by atomic mass is 10.0. The normalized spacial score (nSPS) is 21.9. The van der Waals surface area contributed by atoms with Crippen LogP contribution < -0.4 is 5.32 Å². The fourth-order valence-corrected chi connectivity index (χ4v) is 1.67. The molecule has 1 heterocycles. The van der Waals surface area contributed by atoms with E-state index in [4.69, 9.17) is 0 Å².